The smallest absolute Gasteiger partial charge is 0.125 e. The first-order valence-corrected chi connectivity index (χ1v) is 6.46. The molecule has 2 heterocycles. The zero-order chi connectivity index (χ0) is 12.3. The predicted molar refractivity (Wildman–Crippen MR) is 68.6 cm³/mol. The Morgan fingerprint density at radius 3 is 2.71 bits per heavy atom. The summed E-state index contributed by atoms with van der Waals surface area (Å²) in [7, 11) is 0. The molecule has 2 N–H and O–H groups in total. The molecule has 4 heteroatoms. The van der Waals surface area contributed by atoms with Gasteiger partial charge in [0.05, 0.1) is 6.04 Å². The Morgan fingerprint density at radius 2 is 2.12 bits per heavy atom. The molecule has 0 aromatic carbocycles. The number of aryl methyl sites for hydroxylation is 1. The van der Waals surface area contributed by atoms with Crippen LogP contribution in [0.3, 0.4) is 0 Å². The van der Waals surface area contributed by atoms with Gasteiger partial charge in [0.25, 0.3) is 0 Å². The Bertz CT molecular complexity index is 349. The van der Waals surface area contributed by atoms with Crippen molar-refractivity contribution in [1.82, 2.24) is 14.9 Å². The maximum absolute atomic E-state index is 5.94. The summed E-state index contributed by atoms with van der Waals surface area (Å²) in [6.45, 7) is 5.97. The normalized spacial score (nSPS) is 23.6. The van der Waals surface area contributed by atoms with E-state index in [1.165, 1.54) is 19.3 Å². The van der Waals surface area contributed by atoms with Gasteiger partial charge in [0.2, 0.25) is 0 Å². The summed E-state index contributed by atoms with van der Waals surface area (Å²) in [5.74, 6) is 0.816. The van der Waals surface area contributed by atoms with Gasteiger partial charge in [-0.05, 0) is 33.2 Å². The average Bonchev–Trinajstić information content (AvgIpc) is 2.35. The van der Waals surface area contributed by atoms with Crippen LogP contribution in [0.4, 0.5) is 0 Å². The van der Waals surface area contributed by atoms with Crippen molar-refractivity contribution in [3.63, 3.8) is 0 Å². The predicted octanol–water partition coefficient (Wildman–Crippen LogP) is 1.66. The molecule has 0 saturated carbocycles. The second-order valence-corrected chi connectivity index (χ2v) is 4.90. The number of hydrogen-bond donors (Lipinski definition) is 1. The number of nitrogens with two attached hydrogens (primary N) is 1. The number of likely N-dealkylation sites (tertiary alicyclic amines) is 1. The molecule has 1 aliphatic rings. The van der Waals surface area contributed by atoms with Crippen LogP contribution < -0.4 is 5.73 Å². The molecule has 1 aromatic heterocycles. The molecule has 0 bridgehead atoms. The van der Waals surface area contributed by atoms with E-state index < -0.39 is 0 Å². The topological polar surface area (TPSA) is 55.0 Å². The van der Waals surface area contributed by atoms with Crippen molar-refractivity contribution in [1.29, 1.82) is 0 Å². The Kier molecular flexibility index (Phi) is 4.07. The molecule has 0 radical (unpaired) electrons. The lowest BCUT2D eigenvalue weighted by atomic mass is 9.98. The van der Waals surface area contributed by atoms with E-state index in [1.807, 2.05) is 19.3 Å². The van der Waals surface area contributed by atoms with Gasteiger partial charge >= 0.3 is 0 Å². The molecule has 1 aliphatic heterocycles. The minimum atomic E-state index is 0.269. The van der Waals surface area contributed by atoms with Crippen molar-refractivity contribution >= 4 is 0 Å². The van der Waals surface area contributed by atoms with Gasteiger partial charge < -0.3 is 5.73 Å². The lowest BCUT2D eigenvalue weighted by molar-refractivity contribution is 0.108. The van der Waals surface area contributed by atoms with Crippen molar-refractivity contribution in [2.75, 3.05) is 13.1 Å². The number of hydrogen-bond acceptors (Lipinski definition) is 4. The quantitative estimate of drug-likeness (QED) is 0.864. The summed E-state index contributed by atoms with van der Waals surface area (Å²) in [4.78, 5) is 11.0. The van der Waals surface area contributed by atoms with Gasteiger partial charge in [0.1, 0.15) is 5.82 Å². The number of nitrogens with zero attached hydrogens (tertiary/aromatic N) is 3. The summed E-state index contributed by atoms with van der Waals surface area (Å²) in [6, 6.07) is 0.879. The van der Waals surface area contributed by atoms with Crippen molar-refractivity contribution in [2.45, 2.75) is 45.2 Å². The van der Waals surface area contributed by atoms with Crippen LogP contribution in [0.1, 0.15) is 43.6 Å². The average molecular weight is 234 g/mol. The van der Waals surface area contributed by atoms with Gasteiger partial charge in [-0.1, -0.05) is 6.42 Å². The first kappa shape index (κ1) is 12.5. The minimum absolute atomic E-state index is 0.269. The molecule has 94 valence electrons. The Hall–Kier alpha value is -1.00. The maximum Gasteiger partial charge on any atom is 0.125 e. The molecule has 4 nitrogen and oxygen atoms in total. The zero-order valence-electron chi connectivity index (χ0n) is 10.8. The Balaban J connectivity index is 2.17. The summed E-state index contributed by atoms with van der Waals surface area (Å²) < 4.78 is 0. The zero-order valence-corrected chi connectivity index (χ0v) is 10.8. The van der Waals surface area contributed by atoms with Crippen LogP contribution in [0.25, 0.3) is 0 Å². The summed E-state index contributed by atoms with van der Waals surface area (Å²) >= 11 is 0. The van der Waals surface area contributed by atoms with Crippen LogP contribution in [0.5, 0.6) is 0 Å². The lowest BCUT2D eigenvalue weighted by Gasteiger charge is -2.39. The Morgan fingerprint density at radius 1 is 1.41 bits per heavy atom. The first-order chi connectivity index (χ1) is 8.22. The fourth-order valence-corrected chi connectivity index (χ4v) is 2.62. The van der Waals surface area contributed by atoms with E-state index in [0.29, 0.717) is 12.6 Å². The minimum Gasteiger partial charge on any atom is -0.329 e. The summed E-state index contributed by atoms with van der Waals surface area (Å²) in [5, 5.41) is 0. The standard InChI is InChI=1S/C13H22N4/c1-10-5-3-4-6-17(10)13(7-14)12-8-15-11(2)16-9-12/h8-10,13H,3-7,14H2,1-2H3. The molecule has 0 spiro atoms. The highest BCUT2D eigenvalue weighted by atomic mass is 15.2. The second-order valence-electron chi connectivity index (χ2n) is 4.90. The molecule has 0 aliphatic carbocycles. The van der Waals surface area contributed by atoms with E-state index >= 15 is 0 Å². The highest BCUT2D eigenvalue weighted by Crippen LogP contribution is 2.27. The number of aromatic nitrogens is 2. The van der Waals surface area contributed by atoms with Gasteiger partial charge in [0.15, 0.2) is 0 Å². The second kappa shape index (κ2) is 5.56. The van der Waals surface area contributed by atoms with E-state index in [0.717, 1.165) is 17.9 Å². The van der Waals surface area contributed by atoms with Gasteiger partial charge in [-0.3, -0.25) is 4.90 Å². The number of piperidine rings is 1. The van der Waals surface area contributed by atoms with E-state index in [2.05, 4.69) is 21.8 Å². The molecule has 17 heavy (non-hydrogen) atoms. The number of rotatable bonds is 3. The van der Waals surface area contributed by atoms with Gasteiger partial charge in [0, 0.05) is 30.5 Å². The fraction of sp³-hybridized carbons (Fsp3) is 0.692. The highest BCUT2D eigenvalue weighted by molar-refractivity contribution is 5.12. The monoisotopic (exact) mass is 234 g/mol. The van der Waals surface area contributed by atoms with E-state index in [1.54, 1.807) is 0 Å². The van der Waals surface area contributed by atoms with Crippen LogP contribution >= 0.6 is 0 Å². The SMILES string of the molecule is Cc1ncc(C(CN)N2CCCCC2C)cn1. The molecular weight excluding hydrogens is 212 g/mol. The molecule has 1 aromatic rings. The molecule has 0 amide bonds. The molecule has 2 atom stereocenters. The van der Waals surface area contributed by atoms with Crippen molar-refractivity contribution in [2.24, 2.45) is 5.73 Å². The van der Waals surface area contributed by atoms with Gasteiger partial charge in [-0.15, -0.1) is 0 Å². The lowest BCUT2D eigenvalue weighted by Crippen LogP contribution is -2.43. The highest BCUT2D eigenvalue weighted by Gasteiger charge is 2.26. The first-order valence-electron chi connectivity index (χ1n) is 6.46. The molecule has 2 rings (SSSR count). The fourth-order valence-electron chi connectivity index (χ4n) is 2.62. The van der Waals surface area contributed by atoms with Crippen molar-refractivity contribution in [3.05, 3.63) is 23.8 Å². The van der Waals surface area contributed by atoms with Gasteiger partial charge in [-0.2, -0.15) is 0 Å². The summed E-state index contributed by atoms with van der Waals surface area (Å²) in [6.07, 6.45) is 7.71. The largest absolute Gasteiger partial charge is 0.329 e. The van der Waals surface area contributed by atoms with Crippen LogP contribution in [0.15, 0.2) is 12.4 Å². The third-order valence-electron chi connectivity index (χ3n) is 3.66. The maximum atomic E-state index is 5.94. The van der Waals surface area contributed by atoms with Crippen LogP contribution in [0.2, 0.25) is 0 Å². The van der Waals surface area contributed by atoms with Crippen LogP contribution in [-0.4, -0.2) is 34.0 Å². The molecule has 1 saturated heterocycles. The van der Waals surface area contributed by atoms with Crippen LogP contribution in [-0.2, 0) is 0 Å². The molecule has 2 unspecified atom stereocenters. The van der Waals surface area contributed by atoms with Gasteiger partial charge in [-0.25, -0.2) is 9.97 Å². The van der Waals surface area contributed by atoms with E-state index in [-0.39, 0.29) is 6.04 Å². The molecule has 1 fully saturated rings. The van der Waals surface area contributed by atoms with Crippen LogP contribution in [0, 0.1) is 6.92 Å². The van der Waals surface area contributed by atoms with Crippen molar-refractivity contribution in [3.8, 4) is 0 Å². The molecular formula is C13H22N4. The van der Waals surface area contributed by atoms with E-state index in [4.69, 9.17) is 5.73 Å². The van der Waals surface area contributed by atoms with E-state index in [9.17, 15) is 0 Å². The van der Waals surface area contributed by atoms with Crippen molar-refractivity contribution < 1.29 is 0 Å². The third kappa shape index (κ3) is 2.82. The Labute approximate surface area is 103 Å². The summed E-state index contributed by atoms with van der Waals surface area (Å²) in [5.41, 5.74) is 7.08. The third-order valence-corrected chi connectivity index (χ3v) is 3.66.